The zero-order valence-corrected chi connectivity index (χ0v) is 9.72. The summed E-state index contributed by atoms with van der Waals surface area (Å²) in [5, 5.41) is 0. The molecule has 0 unspecified atom stereocenters. The van der Waals surface area contributed by atoms with E-state index >= 15 is 0 Å². The van der Waals surface area contributed by atoms with E-state index in [1.165, 1.54) is 11.1 Å². The highest BCUT2D eigenvalue weighted by atomic mass is 16.5. The second kappa shape index (κ2) is 4.93. The van der Waals surface area contributed by atoms with Crippen LogP contribution in [0.25, 0.3) is 5.53 Å². The smallest absolute Gasteiger partial charge is 0.323 e. The first-order chi connectivity index (χ1) is 8.24. The largest absolute Gasteiger partial charge is 0.497 e. The number of ketones is 1. The Morgan fingerprint density at radius 2 is 2.35 bits per heavy atom. The minimum Gasteiger partial charge on any atom is -0.497 e. The maximum atomic E-state index is 11.6. The van der Waals surface area contributed by atoms with Crippen LogP contribution >= 0.6 is 0 Å². The lowest BCUT2D eigenvalue weighted by atomic mass is 9.82. The van der Waals surface area contributed by atoms with Crippen molar-refractivity contribution < 1.29 is 14.3 Å². The Hall–Kier alpha value is -1.93. The topological polar surface area (TPSA) is 62.7 Å². The lowest BCUT2D eigenvalue weighted by Crippen LogP contribution is -2.23. The van der Waals surface area contributed by atoms with Crippen LogP contribution in [0.15, 0.2) is 18.2 Å². The molecular formula is C13H14N2O2. The first kappa shape index (κ1) is 11.6. The predicted molar refractivity (Wildman–Crippen MR) is 63.2 cm³/mol. The predicted octanol–water partition coefficient (Wildman–Crippen LogP) is 1.67. The van der Waals surface area contributed by atoms with Crippen LogP contribution in [0.2, 0.25) is 0 Å². The van der Waals surface area contributed by atoms with E-state index in [-0.39, 0.29) is 11.7 Å². The monoisotopic (exact) mass is 230 g/mol. The van der Waals surface area contributed by atoms with E-state index < -0.39 is 0 Å². The van der Waals surface area contributed by atoms with Crippen molar-refractivity contribution >= 4 is 12.0 Å². The standard InChI is InChI=1S/C13H14N2O2/c1-17-12-5-4-9-6-11(13(16)8-15-14)3-2-10(9)7-12/h4-5,7-8,11H,2-3,6H2,1H3/t11-/m1/s1. The van der Waals surface area contributed by atoms with Gasteiger partial charge >= 0.3 is 6.21 Å². The van der Waals surface area contributed by atoms with Crippen LogP contribution in [-0.2, 0) is 17.6 Å². The summed E-state index contributed by atoms with van der Waals surface area (Å²) in [5.41, 5.74) is 10.8. The zero-order chi connectivity index (χ0) is 12.3. The summed E-state index contributed by atoms with van der Waals surface area (Å²) in [4.78, 5) is 14.4. The van der Waals surface area contributed by atoms with E-state index in [9.17, 15) is 4.79 Å². The lowest BCUT2D eigenvalue weighted by molar-refractivity contribution is -0.119. The normalized spacial score (nSPS) is 17.8. The Morgan fingerprint density at radius 3 is 3.06 bits per heavy atom. The van der Waals surface area contributed by atoms with Gasteiger partial charge in [0.05, 0.1) is 7.11 Å². The second-order valence-corrected chi connectivity index (χ2v) is 4.22. The molecule has 0 aliphatic heterocycles. The Morgan fingerprint density at radius 1 is 1.53 bits per heavy atom. The van der Waals surface area contributed by atoms with E-state index in [4.69, 9.17) is 10.3 Å². The molecule has 0 bridgehead atoms. The molecular weight excluding hydrogens is 216 g/mol. The Bertz CT molecular complexity index is 490. The Kier molecular flexibility index (Phi) is 3.35. The summed E-state index contributed by atoms with van der Waals surface area (Å²) in [5.74, 6) is 0.686. The molecule has 1 aliphatic carbocycles. The Labute approximate surface area is 99.8 Å². The summed E-state index contributed by atoms with van der Waals surface area (Å²) in [7, 11) is 1.65. The summed E-state index contributed by atoms with van der Waals surface area (Å²) in [6.45, 7) is 0. The third-order valence-electron chi connectivity index (χ3n) is 3.23. The van der Waals surface area contributed by atoms with Crippen molar-refractivity contribution in [2.45, 2.75) is 19.3 Å². The molecule has 4 heteroatoms. The van der Waals surface area contributed by atoms with Gasteiger partial charge in [0.1, 0.15) is 5.75 Å². The van der Waals surface area contributed by atoms with E-state index in [1.807, 2.05) is 18.2 Å². The number of ether oxygens (including phenoxy) is 1. The lowest BCUT2D eigenvalue weighted by Gasteiger charge is -2.21. The third kappa shape index (κ3) is 2.43. The summed E-state index contributed by atoms with van der Waals surface area (Å²) in [6.07, 6.45) is 3.37. The third-order valence-corrected chi connectivity index (χ3v) is 3.23. The summed E-state index contributed by atoms with van der Waals surface area (Å²) in [6, 6.07) is 5.94. The van der Waals surface area contributed by atoms with Crippen LogP contribution in [0, 0.1) is 5.92 Å². The molecule has 17 heavy (non-hydrogen) atoms. The van der Waals surface area contributed by atoms with Crippen molar-refractivity contribution in [3.8, 4) is 5.75 Å². The van der Waals surface area contributed by atoms with Gasteiger partial charge in [-0.05, 0) is 42.5 Å². The zero-order valence-electron chi connectivity index (χ0n) is 9.72. The highest BCUT2D eigenvalue weighted by Gasteiger charge is 2.25. The van der Waals surface area contributed by atoms with Gasteiger partial charge in [-0.15, -0.1) is 0 Å². The number of benzene rings is 1. The molecule has 1 aromatic rings. The van der Waals surface area contributed by atoms with Crippen LogP contribution in [0.1, 0.15) is 17.5 Å². The molecule has 4 nitrogen and oxygen atoms in total. The first-order valence-corrected chi connectivity index (χ1v) is 5.61. The maximum Gasteiger partial charge on any atom is 0.323 e. The molecule has 0 aromatic heterocycles. The van der Waals surface area contributed by atoms with E-state index in [2.05, 4.69) is 4.79 Å². The number of hydrogen-bond donors (Lipinski definition) is 0. The fourth-order valence-electron chi connectivity index (χ4n) is 2.26. The molecule has 1 aromatic carbocycles. The fraction of sp³-hybridized carbons (Fsp3) is 0.385. The van der Waals surface area contributed by atoms with Crippen LogP contribution < -0.4 is 4.74 Å². The quantitative estimate of drug-likeness (QED) is 0.450. The number of Topliss-reactive ketones (excluding diaryl/α,β-unsaturated/α-hetero) is 1. The second-order valence-electron chi connectivity index (χ2n) is 4.22. The molecule has 0 spiro atoms. The minimum atomic E-state index is -0.103. The maximum absolute atomic E-state index is 11.6. The number of rotatable bonds is 3. The average Bonchev–Trinajstić information content (AvgIpc) is 2.37. The van der Waals surface area contributed by atoms with Gasteiger partial charge in [-0.1, -0.05) is 6.07 Å². The van der Waals surface area contributed by atoms with Crippen molar-refractivity contribution in [3.05, 3.63) is 34.9 Å². The molecule has 0 amide bonds. The van der Waals surface area contributed by atoms with Gasteiger partial charge in [0.15, 0.2) is 0 Å². The number of methoxy groups -OCH3 is 1. The molecule has 2 rings (SSSR count). The van der Waals surface area contributed by atoms with Gasteiger partial charge in [0.2, 0.25) is 5.78 Å². The number of aryl methyl sites for hydroxylation is 1. The van der Waals surface area contributed by atoms with Crippen LogP contribution in [0.5, 0.6) is 5.75 Å². The van der Waals surface area contributed by atoms with E-state index in [1.54, 1.807) is 7.11 Å². The Balaban J connectivity index is 2.19. The molecule has 0 saturated carbocycles. The fourth-order valence-corrected chi connectivity index (χ4v) is 2.26. The van der Waals surface area contributed by atoms with Crippen molar-refractivity contribution in [3.63, 3.8) is 0 Å². The van der Waals surface area contributed by atoms with Gasteiger partial charge in [-0.2, -0.15) is 4.79 Å². The van der Waals surface area contributed by atoms with E-state index in [0.29, 0.717) is 6.42 Å². The van der Waals surface area contributed by atoms with Gasteiger partial charge < -0.3 is 10.3 Å². The van der Waals surface area contributed by atoms with Crippen LogP contribution in [0.3, 0.4) is 0 Å². The van der Waals surface area contributed by atoms with Gasteiger partial charge in [0, 0.05) is 5.92 Å². The number of hydrogen-bond acceptors (Lipinski definition) is 2. The SMILES string of the molecule is COc1ccc2c(c1)CC[C@@H](C(=O)C=[N+]=[N-])C2. The molecule has 0 N–H and O–H groups in total. The van der Waals surface area contributed by atoms with E-state index in [0.717, 1.165) is 24.8 Å². The van der Waals surface area contributed by atoms with Crippen molar-refractivity contribution in [1.82, 2.24) is 0 Å². The van der Waals surface area contributed by atoms with Gasteiger partial charge in [-0.25, -0.2) is 0 Å². The van der Waals surface area contributed by atoms with Gasteiger partial charge in [0.25, 0.3) is 0 Å². The van der Waals surface area contributed by atoms with Crippen molar-refractivity contribution in [2.75, 3.05) is 7.11 Å². The minimum absolute atomic E-state index is 0.0632. The number of carbonyl (C=O) groups is 1. The van der Waals surface area contributed by atoms with Crippen molar-refractivity contribution in [1.29, 1.82) is 0 Å². The number of fused-ring (bicyclic) bond motifs is 1. The first-order valence-electron chi connectivity index (χ1n) is 5.61. The number of nitrogens with zero attached hydrogens (tertiary/aromatic N) is 2. The molecule has 1 aliphatic rings. The molecule has 0 heterocycles. The molecule has 88 valence electrons. The summed E-state index contributed by atoms with van der Waals surface area (Å²) >= 11 is 0. The van der Waals surface area contributed by atoms with Crippen LogP contribution in [-0.4, -0.2) is 23.9 Å². The molecule has 0 saturated heterocycles. The highest BCUT2D eigenvalue weighted by molar-refractivity contribution is 6.26. The molecule has 0 fully saturated rings. The van der Waals surface area contributed by atoms with Gasteiger partial charge in [-0.3, -0.25) is 4.79 Å². The molecule has 1 atom stereocenters. The average molecular weight is 230 g/mol. The van der Waals surface area contributed by atoms with Crippen LogP contribution in [0.4, 0.5) is 0 Å². The molecule has 0 radical (unpaired) electrons. The highest BCUT2D eigenvalue weighted by Crippen LogP contribution is 2.28. The van der Waals surface area contributed by atoms with Crippen molar-refractivity contribution in [2.24, 2.45) is 5.92 Å². The summed E-state index contributed by atoms with van der Waals surface area (Å²) < 4.78 is 5.17. The number of carbonyl (C=O) groups excluding carboxylic acids is 1.